The third-order valence-electron chi connectivity index (χ3n) is 3.21. The Balaban J connectivity index is 2.01. The molecule has 0 aliphatic carbocycles. The second kappa shape index (κ2) is 4.96. The second-order valence-corrected chi connectivity index (χ2v) is 5.89. The molecule has 2 N–H and O–H groups in total. The molecule has 0 radical (unpaired) electrons. The highest BCUT2D eigenvalue weighted by molar-refractivity contribution is 7.10. The fraction of sp³-hybridized carbons (Fsp3) is 0.214. The molecule has 3 rings (SSSR count). The van der Waals surface area contributed by atoms with Crippen LogP contribution in [0.1, 0.15) is 28.5 Å². The summed E-state index contributed by atoms with van der Waals surface area (Å²) in [6, 6.07) is 7.44. The van der Waals surface area contributed by atoms with Gasteiger partial charge in [0, 0.05) is 11.3 Å². The molecule has 2 aromatic rings. The van der Waals surface area contributed by atoms with Crippen LogP contribution in [0.2, 0.25) is 5.02 Å². The fourth-order valence-corrected chi connectivity index (χ4v) is 3.27. The molecule has 0 fully saturated rings. The van der Waals surface area contributed by atoms with E-state index in [0.29, 0.717) is 23.6 Å². The SMILES string of the molecule is O=C1CCc2cc(C(O)c3cccs3)cc(Cl)c2N1. The first kappa shape index (κ1) is 12.7. The van der Waals surface area contributed by atoms with E-state index in [9.17, 15) is 9.90 Å². The van der Waals surface area contributed by atoms with Crippen molar-refractivity contribution in [1.82, 2.24) is 0 Å². The standard InChI is InChI=1S/C14H12ClNO2S/c15-10-7-9(14(18)11-2-1-5-19-11)6-8-3-4-12(17)16-13(8)10/h1-2,5-7,14,18H,3-4H2,(H,16,17). The quantitative estimate of drug-likeness (QED) is 0.892. The second-order valence-electron chi connectivity index (χ2n) is 4.50. The topological polar surface area (TPSA) is 49.3 Å². The van der Waals surface area contributed by atoms with Crippen molar-refractivity contribution in [3.63, 3.8) is 0 Å². The molecule has 1 aliphatic heterocycles. The van der Waals surface area contributed by atoms with Gasteiger partial charge >= 0.3 is 0 Å². The Hall–Kier alpha value is -1.36. The average molecular weight is 294 g/mol. The molecule has 1 amide bonds. The van der Waals surface area contributed by atoms with Gasteiger partial charge in [0.25, 0.3) is 0 Å². The van der Waals surface area contributed by atoms with Gasteiger partial charge in [-0.3, -0.25) is 4.79 Å². The normalized spacial score (nSPS) is 15.8. The Morgan fingerprint density at radius 2 is 2.21 bits per heavy atom. The zero-order chi connectivity index (χ0) is 13.4. The number of anilines is 1. The van der Waals surface area contributed by atoms with Crippen LogP contribution in [0.25, 0.3) is 0 Å². The van der Waals surface area contributed by atoms with Gasteiger partial charge in [0.05, 0.1) is 10.7 Å². The summed E-state index contributed by atoms with van der Waals surface area (Å²) in [5, 5.41) is 15.5. The molecule has 19 heavy (non-hydrogen) atoms. The summed E-state index contributed by atoms with van der Waals surface area (Å²) in [7, 11) is 0. The molecule has 98 valence electrons. The van der Waals surface area contributed by atoms with Crippen LogP contribution in [0.15, 0.2) is 29.6 Å². The van der Waals surface area contributed by atoms with Crippen molar-refractivity contribution in [3.05, 3.63) is 50.7 Å². The van der Waals surface area contributed by atoms with Gasteiger partial charge < -0.3 is 10.4 Å². The zero-order valence-corrected chi connectivity index (χ0v) is 11.6. The largest absolute Gasteiger partial charge is 0.383 e. The molecule has 1 aliphatic rings. The van der Waals surface area contributed by atoms with Crippen LogP contribution >= 0.6 is 22.9 Å². The maximum atomic E-state index is 11.4. The Bertz CT molecular complexity index is 625. The number of amides is 1. The number of halogens is 1. The maximum absolute atomic E-state index is 11.4. The third-order valence-corrected chi connectivity index (χ3v) is 4.43. The number of aryl methyl sites for hydroxylation is 1. The molecule has 0 saturated heterocycles. The number of aliphatic hydroxyl groups is 1. The molecular formula is C14H12ClNO2S. The first-order valence-corrected chi connectivity index (χ1v) is 7.24. The third kappa shape index (κ3) is 2.39. The lowest BCUT2D eigenvalue weighted by Gasteiger charge is -2.20. The van der Waals surface area contributed by atoms with Crippen LogP contribution in [-0.4, -0.2) is 11.0 Å². The molecule has 3 nitrogen and oxygen atoms in total. The van der Waals surface area contributed by atoms with E-state index in [4.69, 9.17) is 11.6 Å². The van der Waals surface area contributed by atoms with E-state index in [1.807, 2.05) is 23.6 Å². The molecule has 1 aromatic carbocycles. The smallest absolute Gasteiger partial charge is 0.224 e. The van der Waals surface area contributed by atoms with Gasteiger partial charge in [-0.05, 0) is 35.1 Å². The minimum absolute atomic E-state index is 0.0130. The van der Waals surface area contributed by atoms with Gasteiger partial charge in [-0.15, -0.1) is 11.3 Å². The van der Waals surface area contributed by atoms with Crippen molar-refractivity contribution in [3.8, 4) is 0 Å². The Labute approximate surface area is 119 Å². The number of hydrogen-bond donors (Lipinski definition) is 2. The van der Waals surface area contributed by atoms with Crippen LogP contribution in [0.3, 0.4) is 0 Å². The Morgan fingerprint density at radius 3 is 2.95 bits per heavy atom. The predicted octanol–water partition coefficient (Wildman–Crippen LogP) is 3.37. The number of carbonyl (C=O) groups is 1. The van der Waals surface area contributed by atoms with Crippen molar-refractivity contribution >= 4 is 34.5 Å². The minimum atomic E-state index is -0.666. The molecule has 0 bridgehead atoms. The summed E-state index contributed by atoms with van der Waals surface area (Å²) in [6.07, 6.45) is 0.453. The van der Waals surface area contributed by atoms with Gasteiger partial charge in [-0.2, -0.15) is 0 Å². The summed E-state index contributed by atoms with van der Waals surface area (Å²) < 4.78 is 0. The molecule has 1 atom stereocenters. The summed E-state index contributed by atoms with van der Waals surface area (Å²) >= 11 is 7.70. The van der Waals surface area contributed by atoms with E-state index in [0.717, 1.165) is 16.0 Å². The molecular weight excluding hydrogens is 282 g/mol. The van der Waals surface area contributed by atoms with E-state index in [1.165, 1.54) is 11.3 Å². The number of aliphatic hydroxyl groups excluding tert-OH is 1. The van der Waals surface area contributed by atoms with Crippen molar-refractivity contribution in [1.29, 1.82) is 0 Å². The molecule has 5 heteroatoms. The van der Waals surface area contributed by atoms with E-state index >= 15 is 0 Å². The minimum Gasteiger partial charge on any atom is -0.383 e. The molecule has 1 aromatic heterocycles. The number of rotatable bonds is 2. The van der Waals surface area contributed by atoms with Gasteiger partial charge in [0.15, 0.2) is 0 Å². The van der Waals surface area contributed by atoms with E-state index in [2.05, 4.69) is 5.32 Å². The predicted molar refractivity (Wildman–Crippen MR) is 76.8 cm³/mol. The Kier molecular flexibility index (Phi) is 3.31. The first-order valence-electron chi connectivity index (χ1n) is 5.99. The fourth-order valence-electron chi connectivity index (χ4n) is 2.24. The van der Waals surface area contributed by atoms with Crippen LogP contribution < -0.4 is 5.32 Å². The highest BCUT2D eigenvalue weighted by Crippen LogP contribution is 2.35. The van der Waals surface area contributed by atoms with Gasteiger partial charge in [0.1, 0.15) is 6.10 Å². The van der Waals surface area contributed by atoms with Crippen molar-refractivity contribution in [2.75, 3.05) is 5.32 Å². The zero-order valence-electron chi connectivity index (χ0n) is 10.0. The maximum Gasteiger partial charge on any atom is 0.224 e. The number of fused-ring (bicyclic) bond motifs is 1. The lowest BCUT2D eigenvalue weighted by Crippen LogP contribution is -2.19. The highest BCUT2D eigenvalue weighted by Gasteiger charge is 2.21. The lowest BCUT2D eigenvalue weighted by molar-refractivity contribution is -0.116. The lowest BCUT2D eigenvalue weighted by atomic mass is 9.97. The Morgan fingerprint density at radius 1 is 1.37 bits per heavy atom. The summed E-state index contributed by atoms with van der Waals surface area (Å²) in [5.74, 6) is -0.0130. The summed E-state index contributed by atoms with van der Waals surface area (Å²) in [6.45, 7) is 0. The molecule has 0 saturated carbocycles. The van der Waals surface area contributed by atoms with E-state index in [-0.39, 0.29) is 5.91 Å². The van der Waals surface area contributed by atoms with Gasteiger partial charge in [-0.25, -0.2) is 0 Å². The number of benzene rings is 1. The van der Waals surface area contributed by atoms with Crippen LogP contribution in [0, 0.1) is 0 Å². The molecule has 2 heterocycles. The van der Waals surface area contributed by atoms with Crippen molar-refractivity contribution in [2.24, 2.45) is 0 Å². The monoisotopic (exact) mass is 293 g/mol. The van der Waals surface area contributed by atoms with Crippen molar-refractivity contribution in [2.45, 2.75) is 18.9 Å². The van der Waals surface area contributed by atoms with Crippen molar-refractivity contribution < 1.29 is 9.90 Å². The summed E-state index contributed by atoms with van der Waals surface area (Å²) in [5.41, 5.74) is 2.43. The molecule has 0 spiro atoms. The van der Waals surface area contributed by atoms with Crippen LogP contribution in [0.5, 0.6) is 0 Å². The number of hydrogen-bond acceptors (Lipinski definition) is 3. The van der Waals surface area contributed by atoms with Gasteiger partial charge in [0.2, 0.25) is 5.91 Å². The average Bonchev–Trinajstić information content (AvgIpc) is 2.92. The van der Waals surface area contributed by atoms with Crippen LogP contribution in [0.4, 0.5) is 5.69 Å². The highest BCUT2D eigenvalue weighted by atomic mass is 35.5. The molecule has 1 unspecified atom stereocenters. The van der Waals surface area contributed by atoms with E-state index < -0.39 is 6.10 Å². The van der Waals surface area contributed by atoms with Gasteiger partial charge in [-0.1, -0.05) is 23.7 Å². The van der Waals surface area contributed by atoms with Crippen LogP contribution in [-0.2, 0) is 11.2 Å². The number of thiophene rings is 1. The number of carbonyl (C=O) groups excluding carboxylic acids is 1. The van der Waals surface area contributed by atoms with E-state index in [1.54, 1.807) is 6.07 Å². The number of nitrogens with one attached hydrogen (secondary N) is 1. The first-order chi connectivity index (χ1) is 9.15. The summed E-state index contributed by atoms with van der Waals surface area (Å²) in [4.78, 5) is 12.3.